The van der Waals surface area contributed by atoms with Gasteiger partial charge in [-0.05, 0) is 6.92 Å². The van der Waals surface area contributed by atoms with Crippen molar-refractivity contribution in [1.29, 1.82) is 0 Å². The second-order valence-corrected chi connectivity index (χ2v) is 4.14. The largest absolute Gasteiger partial charge is 0.334 e. The number of aryl methyl sites for hydroxylation is 1. The summed E-state index contributed by atoms with van der Waals surface area (Å²) >= 11 is 1.67. The number of imidazole rings is 1. The second-order valence-electron chi connectivity index (χ2n) is 3.16. The summed E-state index contributed by atoms with van der Waals surface area (Å²) in [6.07, 6.45) is 5.67. The molecule has 0 amide bonds. The zero-order valence-electron chi connectivity index (χ0n) is 8.68. The van der Waals surface area contributed by atoms with Gasteiger partial charge in [0.05, 0.1) is 6.54 Å². The van der Waals surface area contributed by atoms with Crippen LogP contribution in [-0.2, 0) is 19.6 Å². The van der Waals surface area contributed by atoms with Crippen molar-refractivity contribution in [2.75, 3.05) is 0 Å². The molecule has 2 aromatic rings. The van der Waals surface area contributed by atoms with Crippen LogP contribution < -0.4 is 5.32 Å². The lowest BCUT2D eigenvalue weighted by Crippen LogP contribution is -2.16. The molecule has 0 spiro atoms. The summed E-state index contributed by atoms with van der Waals surface area (Å²) in [6.45, 7) is 4.69. The maximum absolute atomic E-state index is 4.29. The van der Waals surface area contributed by atoms with Gasteiger partial charge >= 0.3 is 0 Å². The average molecular weight is 222 g/mol. The Morgan fingerprint density at radius 2 is 2.27 bits per heavy atom. The Morgan fingerprint density at radius 3 is 3.00 bits per heavy atom. The van der Waals surface area contributed by atoms with Gasteiger partial charge in [-0.1, -0.05) is 0 Å². The minimum absolute atomic E-state index is 0.792. The first-order valence-corrected chi connectivity index (χ1v) is 5.87. The molecule has 0 unspecified atom stereocenters. The van der Waals surface area contributed by atoms with E-state index in [2.05, 4.69) is 26.8 Å². The highest BCUT2D eigenvalue weighted by Crippen LogP contribution is 2.03. The predicted octanol–water partition coefficient (Wildman–Crippen LogP) is 1.65. The fraction of sp³-hybridized carbons (Fsp3) is 0.400. The maximum Gasteiger partial charge on any atom is 0.122 e. The highest BCUT2D eigenvalue weighted by molar-refractivity contribution is 7.09. The molecule has 0 fully saturated rings. The van der Waals surface area contributed by atoms with E-state index in [0.29, 0.717) is 0 Å². The molecule has 0 radical (unpaired) electrons. The number of thiazole rings is 1. The van der Waals surface area contributed by atoms with Crippen LogP contribution in [0.4, 0.5) is 0 Å². The van der Waals surface area contributed by atoms with Gasteiger partial charge in [-0.2, -0.15) is 0 Å². The molecule has 0 saturated heterocycles. The third-order valence-corrected chi connectivity index (χ3v) is 2.96. The number of aromatic nitrogens is 3. The summed E-state index contributed by atoms with van der Waals surface area (Å²) in [7, 11) is 0. The van der Waals surface area contributed by atoms with Crippen molar-refractivity contribution in [1.82, 2.24) is 19.9 Å². The van der Waals surface area contributed by atoms with E-state index in [4.69, 9.17) is 0 Å². The third-order valence-electron chi connectivity index (χ3n) is 2.19. The lowest BCUT2D eigenvalue weighted by atomic mass is 10.5. The van der Waals surface area contributed by atoms with Gasteiger partial charge < -0.3 is 9.88 Å². The molecule has 1 N–H and O–H groups in total. The highest BCUT2D eigenvalue weighted by atomic mass is 32.1. The summed E-state index contributed by atoms with van der Waals surface area (Å²) in [5, 5.41) is 6.43. The van der Waals surface area contributed by atoms with Gasteiger partial charge in [-0.25, -0.2) is 9.97 Å². The molecule has 15 heavy (non-hydrogen) atoms. The van der Waals surface area contributed by atoms with E-state index in [-0.39, 0.29) is 0 Å². The number of rotatable bonds is 5. The van der Waals surface area contributed by atoms with Crippen molar-refractivity contribution in [2.24, 2.45) is 0 Å². The van der Waals surface area contributed by atoms with E-state index in [0.717, 1.165) is 30.5 Å². The highest BCUT2D eigenvalue weighted by Gasteiger charge is 2.00. The molecule has 0 aliphatic heterocycles. The lowest BCUT2D eigenvalue weighted by molar-refractivity contribution is 0.612. The Hall–Kier alpha value is -1.20. The summed E-state index contributed by atoms with van der Waals surface area (Å²) in [6, 6.07) is 0. The van der Waals surface area contributed by atoms with Crippen LogP contribution in [0.25, 0.3) is 0 Å². The molecule has 2 aromatic heterocycles. The standard InChI is InChI=1S/C10H14N4S/c1-2-14-5-3-12-9(14)7-11-8-10-13-4-6-15-10/h3-6,11H,2,7-8H2,1H3. The first kappa shape index (κ1) is 10.3. The van der Waals surface area contributed by atoms with Gasteiger partial charge in [0.25, 0.3) is 0 Å². The average Bonchev–Trinajstić information content (AvgIpc) is 2.88. The van der Waals surface area contributed by atoms with Gasteiger partial charge in [0.2, 0.25) is 0 Å². The van der Waals surface area contributed by atoms with Crippen LogP contribution in [0.15, 0.2) is 24.0 Å². The van der Waals surface area contributed by atoms with Gasteiger partial charge in [-0.15, -0.1) is 11.3 Å². The molecular weight excluding hydrogens is 208 g/mol. The monoisotopic (exact) mass is 222 g/mol. The minimum Gasteiger partial charge on any atom is -0.334 e. The molecule has 0 bridgehead atoms. The normalized spacial score (nSPS) is 10.7. The Labute approximate surface area is 93.0 Å². The molecule has 0 saturated carbocycles. The zero-order chi connectivity index (χ0) is 10.5. The molecule has 0 aromatic carbocycles. The molecule has 5 heteroatoms. The maximum atomic E-state index is 4.29. The molecule has 0 aliphatic carbocycles. The van der Waals surface area contributed by atoms with Crippen LogP contribution in [0.1, 0.15) is 17.8 Å². The van der Waals surface area contributed by atoms with E-state index in [9.17, 15) is 0 Å². The van der Waals surface area contributed by atoms with Crippen LogP contribution in [0.3, 0.4) is 0 Å². The summed E-state index contributed by atoms with van der Waals surface area (Å²) in [5.41, 5.74) is 0. The number of hydrogen-bond acceptors (Lipinski definition) is 4. The van der Waals surface area contributed by atoms with Crippen LogP contribution in [-0.4, -0.2) is 14.5 Å². The van der Waals surface area contributed by atoms with Crippen molar-refractivity contribution in [3.63, 3.8) is 0 Å². The van der Waals surface area contributed by atoms with Crippen LogP contribution in [0.5, 0.6) is 0 Å². The quantitative estimate of drug-likeness (QED) is 0.836. The minimum atomic E-state index is 0.792. The Bertz CT molecular complexity index is 393. The van der Waals surface area contributed by atoms with Crippen LogP contribution in [0.2, 0.25) is 0 Å². The van der Waals surface area contributed by atoms with Gasteiger partial charge in [0, 0.05) is 37.1 Å². The summed E-state index contributed by atoms with van der Waals surface area (Å²) in [5.74, 6) is 1.08. The Morgan fingerprint density at radius 1 is 1.33 bits per heavy atom. The number of hydrogen-bond donors (Lipinski definition) is 1. The van der Waals surface area contributed by atoms with Crippen molar-refractivity contribution >= 4 is 11.3 Å². The third kappa shape index (κ3) is 2.64. The van der Waals surface area contributed by atoms with Crippen molar-refractivity contribution in [3.8, 4) is 0 Å². The predicted molar refractivity (Wildman–Crippen MR) is 60.6 cm³/mol. The lowest BCUT2D eigenvalue weighted by Gasteiger charge is -2.04. The van der Waals surface area contributed by atoms with E-state index in [1.165, 1.54) is 0 Å². The molecular formula is C10H14N4S. The topological polar surface area (TPSA) is 42.7 Å². The molecule has 2 rings (SSSR count). The van der Waals surface area contributed by atoms with Crippen molar-refractivity contribution in [3.05, 3.63) is 34.8 Å². The fourth-order valence-electron chi connectivity index (χ4n) is 1.42. The molecule has 4 nitrogen and oxygen atoms in total. The summed E-state index contributed by atoms with van der Waals surface area (Å²) < 4.78 is 2.13. The zero-order valence-corrected chi connectivity index (χ0v) is 9.50. The molecule has 0 atom stereocenters. The second kappa shape index (κ2) is 5.04. The first-order valence-electron chi connectivity index (χ1n) is 4.99. The van der Waals surface area contributed by atoms with Crippen molar-refractivity contribution in [2.45, 2.75) is 26.6 Å². The van der Waals surface area contributed by atoms with Crippen LogP contribution in [0, 0.1) is 0 Å². The Balaban J connectivity index is 1.83. The van der Waals surface area contributed by atoms with E-state index < -0.39 is 0 Å². The SMILES string of the molecule is CCn1ccnc1CNCc1nccs1. The fourth-order valence-corrected chi connectivity index (χ4v) is 2.00. The molecule has 2 heterocycles. The summed E-state index contributed by atoms with van der Waals surface area (Å²) in [4.78, 5) is 8.50. The van der Waals surface area contributed by atoms with Gasteiger partial charge in [0.15, 0.2) is 0 Å². The molecule has 0 aliphatic rings. The van der Waals surface area contributed by atoms with E-state index in [1.54, 1.807) is 11.3 Å². The first-order chi connectivity index (χ1) is 7.40. The number of nitrogens with one attached hydrogen (secondary N) is 1. The van der Waals surface area contributed by atoms with E-state index in [1.807, 2.05) is 24.0 Å². The van der Waals surface area contributed by atoms with Crippen molar-refractivity contribution < 1.29 is 0 Å². The molecule has 80 valence electrons. The Kier molecular flexibility index (Phi) is 3.47. The van der Waals surface area contributed by atoms with E-state index >= 15 is 0 Å². The van der Waals surface area contributed by atoms with Gasteiger partial charge in [0.1, 0.15) is 10.8 Å². The van der Waals surface area contributed by atoms with Crippen LogP contribution >= 0.6 is 11.3 Å². The van der Waals surface area contributed by atoms with Gasteiger partial charge in [-0.3, -0.25) is 0 Å². The number of nitrogens with zero attached hydrogens (tertiary/aromatic N) is 3. The smallest absolute Gasteiger partial charge is 0.122 e.